The van der Waals surface area contributed by atoms with Crippen LogP contribution in [0.15, 0.2) is 0 Å². The third-order valence-electron chi connectivity index (χ3n) is 2.14. The Balaban J connectivity index is 2.07. The molecule has 0 aliphatic carbocycles. The third kappa shape index (κ3) is 4.27. The Bertz CT molecular complexity index is 162. The number of hydrogen-bond donors (Lipinski definition) is 1. The van der Waals surface area contributed by atoms with E-state index in [1.54, 1.807) is 0 Å². The summed E-state index contributed by atoms with van der Waals surface area (Å²) >= 11 is 0. The van der Waals surface area contributed by atoms with Gasteiger partial charge in [0.25, 0.3) is 0 Å². The molecule has 1 heterocycles. The first-order valence-electron chi connectivity index (χ1n) is 5.07. The molecule has 0 spiro atoms. The second kappa shape index (κ2) is 5.22. The summed E-state index contributed by atoms with van der Waals surface area (Å²) in [5.41, 5.74) is 0. The van der Waals surface area contributed by atoms with Crippen LogP contribution in [0, 0.1) is 5.92 Å². The van der Waals surface area contributed by atoms with E-state index in [4.69, 9.17) is 4.74 Å². The van der Waals surface area contributed by atoms with Crippen LogP contribution in [-0.2, 0) is 9.53 Å². The lowest BCUT2D eigenvalue weighted by molar-refractivity contribution is -0.122. The molecule has 3 heteroatoms. The summed E-state index contributed by atoms with van der Waals surface area (Å²) in [6, 6.07) is 0. The smallest absolute Gasteiger partial charge is 0.220 e. The van der Waals surface area contributed by atoms with Gasteiger partial charge in [-0.1, -0.05) is 13.8 Å². The summed E-state index contributed by atoms with van der Waals surface area (Å²) < 4.78 is 5.39. The lowest BCUT2D eigenvalue weighted by atomic mass is 10.1. The third-order valence-corrected chi connectivity index (χ3v) is 2.14. The van der Waals surface area contributed by atoms with E-state index in [0.29, 0.717) is 18.9 Å². The minimum absolute atomic E-state index is 0.144. The number of rotatable bonds is 4. The second-order valence-corrected chi connectivity index (χ2v) is 4.04. The molecule has 1 atom stereocenters. The fourth-order valence-corrected chi connectivity index (χ4v) is 1.48. The molecule has 3 nitrogen and oxygen atoms in total. The number of carbonyl (C=O) groups is 1. The Morgan fingerprint density at radius 3 is 2.92 bits per heavy atom. The first-order chi connectivity index (χ1) is 6.18. The molecule has 1 aliphatic rings. The van der Waals surface area contributed by atoms with Crippen molar-refractivity contribution in [1.29, 1.82) is 0 Å². The number of amides is 1. The van der Waals surface area contributed by atoms with Gasteiger partial charge >= 0.3 is 0 Å². The first-order valence-corrected chi connectivity index (χ1v) is 5.07. The molecule has 1 saturated heterocycles. The molecule has 1 unspecified atom stereocenters. The average molecular weight is 185 g/mol. The van der Waals surface area contributed by atoms with Gasteiger partial charge in [-0.2, -0.15) is 0 Å². The number of nitrogens with one attached hydrogen (secondary N) is 1. The zero-order valence-electron chi connectivity index (χ0n) is 8.51. The highest BCUT2D eigenvalue weighted by Crippen LogP contribution is 2.10. The maximum atomic E-state index is 11.2. The summed E-state index contributed by atoms with van der Waals surface area (Å²) in [4.78, 5) is 11.2. The lowest BCUT2D eigenvalue weighted by Gasteiger charge is -2.11. The van der Waals surface area contributed by atoms with Gasteiger partial charge < -0.3 is 10.1 Å². The van der Waals surface area contributed by atoms with E-state index < -0.39 is 0 Å². The van der Waals surface area contributed by atoms with Crippen molar-refractivity contribution in [1.82, 2.24) is 5.32 Å². The van der Waals surface area contributed by atoms with Crippen molar-refractivity contribution < 1.29 is 9.53 Å². The van der Waals surface area contributed by atoms with Crippen molar-refractivity contribution >= 4 is 5.91 Å². The molecule has 76 valence electrons. The van der Waals surface area contributed by atoms with Crippen molar-refractivity contribution in [3.8, 4) is 0 Å². The minimum Gasteiger partial charge on any atom is -0.376 e. The molecular weight excluding hydrogens is 166 g/mol. The zero-order chi connectivity index (χ0) is 9.68. The van der Waals surface area contributed by atoms with Gasteiger partial charge in [-0.3, -0.25) is 4.79 Å². The predicted molar refractivity (Wildman–Crippen MR) is 51.4 cm³/mol. The Morgan fingerprint density at radius 2 is 2.38 bits per heavy atom. The monoisotopic (exact) mass is 185 g/mol. The fourth-order valence-electron chi connectivity index (χ4n) is 1.48. The SMILES string of the molecule is CC(C)CC(=O)NCC1CCCO1. The Labute approximate surface area is 79.8 Å². The Kier molecular flexibility index (Phi) is 4.22. The van der Waals surface area contributed by atoms with Crippen LogP contribution in [0.4, 0.5) is 0 Å². The van der Waals surface area contributed by atoms with Crippen molar-refractivity contribution in [2.24, 2.45) is 5.92 Å². The van der Waals surface area contributed by atoms with Gasteiger partial charge in [0.1, 0.15) is 0 Å². The van der Waals surface area contributed by atoms with E-state index in [9.17, 15) is 4.79 Å². The van der Waals surface area contributed by atoms with Gasteiger partial charge in [0, 0.05) is 19.6 Å². The van der Waals surface area contributed by atoms with Crippen LogP contribution in [0.25, 0.3) is 0 Å². The van der Waals surface area contributed by atoms with Crippen molar-refractivity contribution in [2.45, 2.75) is 39.2 Å². The molecule has 0 radical (unpaired) electrons. The summed E-state index contributed by atoms with van der Waals surface area (Å²) in [5.74, 6) is 0.579. The average Bonchev–Trinajstić information content (AvgIpc) is 2.51. The Hall–Kier alpha value is -0.570. The molecule has 0 bridgehead atoms. The Morgan fingerprint density at radius 1 is 1.62 bits per heavy atom. The first kappa shape index (κ1) is 10.5. The van der Waals surface area contributed by atoms with E-state index in [1.165, 1.54) is 0 Å². The van der Waals surface area contributed by atoms with E-state index in [2.05, 4.69) is 5.32 Å². The molecule has 0 saturated carbocycles. The van der Waals surface area contributed by atoms with Crippen molar-refractivity contribution in [2.75, 3.05) is 13.2 Å². The maximum Gasteiger partial charge on any atom is 0.220 e. The van der Waals surface area contributed by atoms with Crippen LogP contribution in [-0.4, -0.2) is 25.2 Å². The maximum absolute atomic E-state index is 11.2. The van der Waals surface area contributed by atoms with Crippen LogP contribution in [0.3, 0.4) is 0 Å². The highest BCUT2D eigenvalue weighted by molar-refractivity contribution is 5.76. The molecule has 0 aromatic rings. The summed E-state index contributed by atoms with van der Waals surface area (Å²) in [6.45, 7) is 5.63. The van der Waals surface area contributed by atoms with Gasteiger partial charge in [0.2, 0.25) is 5.91 Å². The largest absolute Gasteiger partial charge is 0.376 e. The van der Waals surface area contributed by atoms with Crippen LogP contribution in [0.1, 0.15) is 33.1 Å². The zero-order valence-corrected chi connectivity index (χ0v) is 8.51. The number of hydrogen-bond acceptors (Lipinski definition) is 2. The number of ether oxygens (including phenoxy) is 1. The van der Waals surface area contributed by atoms with Crippen molar-refractivity contribution in [3.63, 3.8) is 0 Å². The van der Waals surface area contributed by atoms with Gasteiger partial charge in [-0.15, -0.1) is 0 Å². The molecule has 1 rings (SSSR count). The summed E-state index contributed by atoms with van der Waals surface area (Å²) in [7, 11) is 0. The molecular formula is C10H19NO2. The second-order valence-electron chi connectivity index (χ2n) is 4.04. The van der Waals surface area contributed by atoms with Gasteiger partial charge in [0.15, 0.2) is 0 Å². The molecule has 1 aliphatic heterocycles. The van der Waals surface area contributed by atoms with Gasteiger partial charge in [-0.05, 0) is 18.8 Å². The van der Waals surface area contributed by atoms with E-state index in [0.717, 1.165) is 19.4 Å². The number of carbonyl (C=O) groups excluding carboxylic acids is 1. The topological polar surface area (TPSA) is 38.3 Å². The molecule has 0 aromatic carbocycles. The normalized spacial score (nSPS) is 22.2. The quantitative estimate of drug-likeness (QED) is 0.717. The molecule has 0 aromatic heterocycles. The summed E-state index contributed by atoms with van der Waals surface area (Å²) in [5, 5.41) is 2.89. The molecule has 13 heavy (non-hydrogen) atoms. The lowest BCUT2D eigenvalue weighted by Crippen LogP contribution is -2.32. The predicted octanol–water partition coefficient (Wildman–Crippen LogP) is 1.33. The van der Waals surface area contributed by atoms with Gasteiger partial charge in [0.05, 0.1) is 6.10 Å². The molecule has 1 amide bonds. The van der Waals surface area contributed by atoms with Crippen LogP contribution < -0.4 is 5.32 Å². The van der Waals surface area contributed by atoms with Crippen LogP contribution >= 0.6 is 0 Å². The minimum atomic E-state index is 0.144. The summed E-state index contributed by atoms with van der Waals surface area (Å²) in [6.07, 6.45) is 3.09. The van der Waals surface area contributed by atoms with E-state index >= 15 is 0 Å². The van der Waals surface area contributed by atoms with Crippen LogP contribution in [0.5, 0.6) is 0 Å². The van der Waals surface area contributed by atoms with E-state index in [1.807, 2.05) is 13.8 Å². The fraction of sp³-hybridized carbons (Fsp3) is 0.900. The van der Waals surface area contributed by atoms with Gasteiger partial charge in [-0.25, -0.2) is 0 Å². The van der Waals surface area contributed by atoms with Crippen molar-refractivity contribution in [3.05, 3.63) is 0 Å². The molecule has 1 fully saturated rings. The standard InChI is InChI=1S/C10H19NO2/c1-8(2)6-10(12)11-7-9-4-3-5-13-9/h8-9H,3-7H2,1-2H3,(H,11,12). The highest BCUT2D eigenvalue weighted by atomic mass is 16.5. The van der Waals surface area contributed by atoms with E-state index in [-0.39, 0.29) is 12.0 Å². The molecule has 1 N–H and O–H groups in total. The highest BCUT2D eigenvalue weighted by Gasteiger charge is 2.16. The van der Waals surface area contributed by atoms with Crippen LogP contribution in [0.2, 0.25) is 0 Å².